The highest BCUT2D eigenvalue weighted by Crippen LogP contribution is 2.70. The van der Waals surface area contributed by atoms with Gasteiger partial charge in [-0.1, -0.05) is 18.7 Å². The van der Waals surface area contributed by atoms with Crippen LogP contribution in [-0.4, -0.2) is 87.0 Å². The molecule has 0 amide bonds. The van der Waals surface area contributed by atoms with E-state index in [-0.39, 0.29) is 65.5 Å². The van der Waals surface area contributed by atoms with Gasteiger partial charge in [-0.3, -0.25) is 10.1 Å². The van der Waals surface area contributed by atoms with E-state index in [0.717, 1.165) is 49.4 Å². The summed E-state index contributed by atoms with van der Waals surface area (Å²) in [5.74, 6) is -1.71. The van der Waals surface area contributed by atoms with Crippen LogP contribution in [0.3, 0.4) is 0 Å². The predicted octanol–water partition coefficient (Wildman–Crippen LogP) is 1.99. The number of hydrogen-bond acceptors (Lipinski definition) is 11. The van der Waals surface area contributed by atoms with E-state index in [1.165, 1.54) is 0 Å². The van der Waals surface area contributed by atoms with Gasteiger partial charge < -0.3 is 34.3 Å². The van der Waals surface area contributed by atoms with Gasteiger partial charge in [-0.25, -0.2) is 4.79 Å². The number of nitrogens with one attached hydrogen (secondary N) is 1. The largest absolute Gasteiger partial charge is 0.458 e. The molecule has 232 valence electrons. The zero-order valence-electron chi connectivity index (χ0n) is 24.4. The maximum Gasteiger partial charge on any atom is 0.331 e. The number of carbonyl (C=O) groups excluding carboxylic acids is 2. The fourth-order valence-electron chi connectivity index (χ4n) is 11.3. The molecule has 8 aliphatic rings. The van der Waals surface area contributed by atoms with Crippen LogP contribution in [-0.2, 0) is 28.5 Å². The smallest absolute Gasteiger partial charge is 0.331 e. The summed E-state index contributed by atoms with van der Waals surface area (Å²) >= 11 is 1.08. The van der Waals surface area contributed by atoms with Crippen molar-refractivity contribution in [2.75, 3.05) is 19.8 Å². The summed E-state index contributed by atoms with van der Waals surface area (Å²) in [6.07, 6.45) is 6.18. The number of thioether (sulfide) groups is 1. The van der Waals surface area contributed by atoms with Crippen molar-refractivity contribution in [3.05, 3.63) is 11.6 Å². The fourth-order valence-corrected chi connectivity index (χ4v) is 12.6. The Morgan fingerprint density at radius 2 is 1.88 bits per heavy atom. The molecule has 42 heavy (non-hydrogen) atoms. The van der Waals surface area contributed by atoms with Gasteiger partial charge in [0.1, 0.15) is 11.5 Å². The van der Waals surface area contributed by atoms with Crippen LogP contribution in [0.4, 0.5) is 0 Å². The molecule has 0 radical (unpaired) electrons. The lowest BCUT2D eigenvalue weighted by atomic mass is 9.42. The first-order chi connectivity index (χ1) is 20.0. The summed E-state index contributed by atoms with van der Waals surface area (Å²) in [5.41, 5.74) is -0.721. The molecule has 11 heteroatoms. The van der Waals surface area contributed by atoms with Gasteiger partial charge in [0.25, 0.3) is 0 Å². The first kappa shape index (κ1) is 28.4. The van der Waals surface area contributed by atoms with Crippen molar-refractivity contribution in [1.29, 1.82) is 0 Å². The zero-order valence-corrected chi connectivity index (χ0v) is 25.2. The molecular formula is C31H43NO9S. The normalized spacial score (nSPS) is 56.6. The molecule has 0 bridgehead atoms. The van der Waals surface area contributed by atoms with Gasteiger partial charge >= 0.3 is 5.97 Å². The van der Waals surface area contributed by atoms with E-state index < -0.39 is 34.1 Å². The summed E-state index contributed by atoms with van der Waals surface area (Å²) in [7, 11) is 0. The minimum Gasteiger partial charge on any atom is -0.458 e. The minimum absolute atomic E-state index is 0.0127. The third kappa shape index (κ3) is 3.54. The molecule has 0 aromatic heterocycles. The number of ether oxygens (including phenoxy) is 4. The van der Waals surface area contributed by atoms with Crippen molar-refractivity contribution in [2.24, 2.45) is 34.5 Å². The summed E-state index contributed by atoms with van der Waals surface area (Å²) in [5, 5.41) is 39.1. The second-order valence-corrected chi connectivity index (χ2v) is 16.1. The van der Waals surface area contributed by atoms with Crippen molar-refractivity contribution >= 4 is 22.8 Å². The maximum absolute atomic E-state index is 12.6. The van der Waals surface area contributed by atoms with Crippen LogP contribution in [0, 0.1) is 34.5 Å². The monoisotopic (exact) mass is 605 g/mol. The van der Waals surface area contributed by atoms with E-state index in [1.807, 2.05) is 6.92 Å². The van der Waals surface area contributed by atoms with Crippen LogP contribution in [0.2, 0.25) is 0 Å². The molecule has 3 saturated heterocycles. The fraction of sp³-hybridized carbons (Fsp3) is 0.871. The van der Waals surface area contributed by atoms with Gasteiger partial charge in [-0.2, -0.15) is 0 Å². The van der Waals surface area contributed by atoms with Crippen molar-refractivity contribution in [3.63, 3.8) is 0 Å². The van der Waals surface area contributed by atoms with Crippen LogP contribution in [0.5, 0.6) is 0 Å². The molecule has 4 aliphatic carbocycles. The van der Waals surface area contributed by atoms with Crippen molar-refractivity contribution < 1.29 is 43.9 Å². The Bertz CT molecular complexity index is 1230. The van der Waals surface area contributed by atoms with Crippen LogP contribution < -0.4 is 5.32 Å². The average Bonchev–Trinajstić information content (AvgIpc) is 3.62. The molecule has 0 unspecified atom stereocenters. The molecular weight excluding hydrogens is 562 g/mol. The SMILES string of the molecule is C[C@@H]1C[C@@]2(NCC(=O)S2)[C@]2(O)O[C@@H]3C[C@@]4(CO)[C@@H](CC[C@@H]5[C@@H]4CC[C@]4(C)[C@@H](C6=CC(=O)OC6)CC[C@]54O)C[C@H]3O[C@@H]2O1. The second-order valence-electron chi connectivity index (χ2n) is 14.8. The number of rotatable bonds is 2. The molecule has 0 aromatic carbocycles. The Labute approximate surface area is 250 Å². The van der Waals surface area contributed by atoms with Crippen LogP contribution in [0.1, 0.15) is 71.6 Å². The van der Waals surface area contributed by atoms with Crippen molar-refractivity contribution in [3.8, 4) is 0 Å². The molecule has 4 N–H and O–H groups in total. The summed E-state index contributed by atoms with van der Waals surface area (Å²) in [6.45, 7) is 4.57. The Kier molecular flexibility index (Phi) is 6.26. The summed E-state index contributed by atoms with van der Waals surface area (Å²) < 4.78 is 24.5. The lowest BCUT2D eigenvalue weighted by Gasteiger charge is -2.66. The van der Waals surface area contributed by atoms with Crippen molar-refractivity contribution in [1.82, 2.24) is 5.32 Å². The number of aliphatic hydroxyl groups excluding tert-OH is 1. The van der Waals surface area contributed by atoms with Gasteiger partial charge in [0.05, 0.1) is 30.5 Å². The number of fused-ring (bicyclic) bond motifs is 8. The van der Waals surface area contributed by atoms with Gasteiger partial charge in [0.2, 0.25) is 17.2 Å². The van der Waals surface area contributed by atoms with Crippen molar-refractivity contribution in [2.45, 2.75) is 112 Å². The lowest BCUT2D eigenvalue weighted by molar-refractivity contribution is -0.449. The third-order valence-electron chi connectivity index (χ3n) is 13.2. The average molecular weight is 606 g/mol. The molecule has 8 rings (SSSR count). The highest BCUT2D eigenvalue weighted by atomic mass is 32.2. The Morgan fingerprint density at radius 3 is 2.60 bits per heavy atom. The third-order valence-corrected chi connectivity index (χ3v) is 14.6. The molecule has 4 saturated carbocycles. The van der Waals surface area contributed by atoms with Gasteiger partial charge in [0.15, 0.2) is 0 Å². The minimum atomic E-state index is -1.86. The van der Waals surface area contributed by atoms with Gasteiger partial charge in [-0.15, -0.1) is 0 Å². The quantitative estimate of drug-likeness (QED) is 0.271. The number of cyclic esters (lactones) is 1. The lowest BCUT2D eigenvalue weighted by Crippen LogP contribution is -2.76. The van der Waals surface area contributed by atoms with E-state index in [0.29, 0.717) is 32.3 Å². The number of carbonyl (C=O) groups is 2. The van der Waals surface area contributed by atoms with E-state index in [9.17, 15) is 24.9 Å². The van der Waals surface area contributed by atoms with Crippen LogP contribution in [0.25, 0.3) is 0 Å². The molecule has 13 atom stereocenters. The van der Waals surface area contributed by atoms with Crippen LogP contribution in [0.15, 0.2) is 11.6 Å². The van der Waals surface area contributed by atoms with E-state index in [1.54, 1.807) is 6.08 Å². The summed E-state index contributed by atoms with van der Waals surface area (Å²) in [6, 6.07) is 0. The molecule has 0 aromatic rings. The number of aliphatic hydroxyl groups is 3. The topological polar surface area (TPSA) is 144 Å². The predicted molar refractivity (Wildman–Crippen MR) is 149 cm³/mol. The standard InChI is InChI=1S/C31H43NO9S/c1-16-11-30(32-13-25(35)42-30)31(37)26(39-16)40-22-10-18-3-4-21-20(28(18,15-33)12-23(22)41-31)5-7-27(2)19(6-8-29(21,27)36)17-9-24(34)38-14-17/h9,16,18-23,26,32-33,36-37H,3-8,10-15H2,1-2H3/t16-,18+,19-,20+,21-,22-,23-,26+,27-,28-,29+,30+,31-/m1/s1. The Balaban J connectivity index is 1.10. The highest BCUT2D eigenvalue weighted by molar-refractivity contribution is 8.15. The number of esters is 1. The molecule has 1 spiro atoms. The van der Waals surface area contributed by atoms with Gasteiger partial charge in [-0.05, 0) is 87.5 Å². The Hall–Kier alpha value is -1.05. The molecule has 4 aliphatic heterocycles. The zero-order chi connectivity index (χ0) is 29.3. The first-order valence-electron chi connectivity index (χ1n) is 15.9. The van der Waals surface area contributed by atoms with Gasteiger partial charge in [0, 0.05) is 29.9 Å². The second kappa shape index (κ2) is 9.25. The highest BCUT2D eigenvalue weighted by Gasteiger charge is 2.72. The molecule has 7 fully saturated rings. The molecule has 4 heterocycles. The summed E-state index contributed by atoms with van der Waals surface area (Å²) in [4.78, 5) is 23.2. The van der Waals surface area contributed by atoms with E-state index in [4.69, 9.17) is 18.9 Å². The first-order valence-corrected chi connectivity index (χ1v) is 16.7. The van der Waals surface area contributed by atoms with Crippen LogP contribution >= 0.6 is 11.8 Å². The Morgan fingerprint density at radius 1 is 1.05 bits per heavy atom. The molecule has 10 nitrogen and oxygen atoms in total. The van der Waals surface area contributed by atoms with E-state index >= 15 is 0 Å². The van der Waals surface area contributed by atoms with E-state index in [2.05, 4.69) is 12.2 Å². The maximum atomic E-state index is 12.6. The number of hydrogen-bond donors (Lipinski definition) is 4.